The van der Waals surface area contributed by atoms with Crippen molar-refractivity contribution in [3.8, 4) is 0 Å². The summed E-state index contributed by atoms with van der Waals surface area (Å²) in [6.45, 7) is 2.21. The Kier molecular flexibility index (Phi) is 4.28. The first-order chi connectivity index (χ1) is 8.08. The second-order valence-electron chi connectivity index (χ2n) is 4.62. The third kappa shape index (κ3) is 3.12. The highest BCUT2D eigenvalue weighted by Crippen LogP contribution is 2.27. The van der Waals surface area contributed by atoms with Gasteiger partial charge in [0.15, 0.2) is 0 Å². The number of pyridine rings is 1. The molecule has 0 amide bonds. The molecule has 0 aliphatic carbocycles. The van der Waals surface area contributed by atoms with Crippen molar-refractivity contribution in [2.75, 3.05) is 32.1 Å². The fraction of sp³-hybridized carbons (Fsp3) is 0.583. The summed E-state index contributed by atoms with van der Waals surface area (Å²) in [5, 5.41) is 0.659. The summed E-state index contributed by atoms with van der Waals surface area (Å²) in [6, 6.07) is 2.52. The molecular weight excluding hydrogens is 302 g/mol. The summed E-state index contributed by atoms with van der Waals surface area (Å²) in [5.41, 5.74) is 0. The molecule has 0 aromatic carbocycles. The number of nitrogens with zero attached hydrogens (tertiary/aromatic N) is 3. The van der Waals surface area contributed by atoms with Gasteiger partial charge in [-0.25, -0.2) is 4.98 Å². The van der Waals surface area contributed by atoms with Crippen LogP contribution in [0.15, 0.2) is 16.7 Å². The number of rotatable bonds is 3. The highest BCUT2D eigenvalue weighted by Gasteiger charge is 2.23. The van der Waals surface area contributed by atoms with Crippen molar-refractivity contribution in [1.82, 2.24) is 9.88 Å². The van der Waals surface area contributed by atoms with Crippen molar-refractivity contribution in [2.24, 2.45) is 0 Å². The number of likely N-dealkylation sites (N-methyl/N-ethyl adjacent to an activating group) is 2. The first-order valence-electron chi connectivity index (χ1n) is 5.80. The van der Waals surface area contributed by atoms with Gasteiger partial charge in [-0.3, -0.25) is 0 Å². The molecule has 94 valence electrons. The molecule has 1 unspecified atom stereocenters. The largest absolute Gasteiger partial charge is 0.357 e. The molecule has 2 heterocycles. The lowest BCUT2D eigenvalue weighted by Crippen LogP contribution is -2.37. The molecule has 0 spiro atoms. The van der Waals surface area contributed by atoms with Gasteiger partial charge in [-0.1, -0.05) is 11.6 Å². The molecule has 0 saturated carbocycles. The van der Waals surface area contributed by atoms with Crippen LogP contribution in [0, 0.1) is 0 Å². The van der Waals surface area contributed by atoms with Gasteiger partial charge in [-0.05, 0) is 48.4 Å². The maximum absolute atomic E-state index is 5.90. The summed E-state index contributed by atoms with van der Waals surface area (Å²) >= 11 is 9.41. The van der Waals surface area contributed by atoms with E-state index in [2.05, 4.69) is 44.8 Å². The average Bonchev–Trinajstić information content (AvgIpc) is 2.64. The second-order valence-corrected chi connectivity index (χ2v) is 5.91. The molecule has 0 radical (unpaired) electrons. The van der Waals surface area contributed by atoms with E-state index in [9.17, 15) is 0 Å². The topological polar surface area (TPSA) is 19.4 Å². The van der Waals surface area contributed by atoms with E-state index in [4.69, 9.17) is 11.6 Å². The van der Waals surface area contributed by atoms with E-state index in [1.165, 1.54) is 19.4 Å². The van der Waals surface area contributed by atoms with E-state index >= 15 is 0 Å². The Hall–Kier alpha value is -0.320. The molecule has 1 fully saturated rings. The quantitative estimate of drug-likeness (QED) is 0.854. The summed E-state index contributed by atoms with van der Waals surface area (Å²) < 4.78 is 0.952. The van der Waals surface area contributed by atoms with Gasteiger partial charge in [0.1, 0.15) is 5.82 Å². The Balaban J connectivity index is 2.06. The zero-order valence-corrected chi connectivity index (χ0v) is 12.5. The summed E-state index contributed by atoms with van der Waals surface area (Å²) in [5.74, 6) is 0.953. The zero-order valence-electron chi connectivity index (χ0n) is 10.2. The number of anilines is 1. The molecule has 2 rings (SSSR count). The van der Waals surface area contributed by atoms with Crippen LogP contribution in [0.1, 0.15) is 12.8 Å². The van der Waals surface area contributed by atoms with Crippen molar-refractivity contribution in [2.45, 2.75) is 18.9 Å². The van der Waals surface area contributed by atoms with Crippen LogP contribution in [0.25, 0.3) is 0 Å². The van der Waals surface area contributed by atoms with E-state index in [-0.39, 0.29) is 0 Å². The minimum Gasteiger partial charge on any atom is -0.357 e. The Labute approximate surface area is 116 Å². The summed E-state index contributed by atoms with van der Waals surface area (Å²) in [7, 11) is 4.27. The average molecular weight is 319 g/mol. The van der Waals surface area contributed by atoms with Crippen molar-refractivity contribution in [1.29, 1.82) is 0 Å². The lowest BCUT2D eigenvalue weighted by molar-refractivity contribution is 0.314. The van der Waals surface area contributed by atoms with E-state index in [0.29, 0.717) is 11.1 Å². The minimum absolute atomic E-state index is 0.629. The van der Waals surface area contributed by atoms with E-state index in [1.54, 1.807) is 6.20 Å². The van der Waals surface area contributed by atoms with Gasteiger partial charge in [0, 0.05) is 25.8 Å². The Morgan fingerprint density at radius 2 is 2.41 bits per heavy atom. The van der Waals surface area contributed by atoms with Crippen LogP contribution in [0.2, 0.25) is 5.02 Å². The lowest BCUT2D eigenvalue weighted by atomic mass is 10.2. The number of hydrogen-bond acceptors (Lipinski definition) is 3. The van der Waals surface area contributed by atoms with Gasteiger partial charge in [-0.2, -0.15) is 0 Å². The molecule has 1 aliphatic heterocycles. The first-order valence-corrected chi connectivity index (χ1v) is 6.97. The fourth-order valence-electron chi connectivity index (χ4n) is 2.30. The predicted molar refractivity (Wildman–Crippen MR) is 75.9 cm³/mol. The van der Waals surface area contributed by atoms with Gasteiger partial charge in [0.05, 0.1) is 9.50 Å². The molecule has 1 aliphatic rings. The van der Waals surface area contributed by atoms with Crippen LogP contribution < -0.4 is 4.90 Å². The third-order valence-corrected chi connectivity index (χ3v) is 4.10. The highest BCUT2D eigenvalue weighted by atomic mass is 79.9. The van der Waals surface area contributed by atoms with Gasteiger partial charge < -0.3 is 9.80 Å². The van der Waals surface area contributed by atoms with Crippen molar-refractivity contribution in [3.63, 3.8) is 0 Å². The number of aromatic nitrogens is 1. The fourth-order valence-corrected chi connectivity index (χ4v) is 3.24. The molecule has 5 heteroatoms. The van der Waals surface area contributed by atoms with Gasteiger partial charge in [0.2, 0.25) is 0 Å². The number of halogens is 2. The number of hydrogen-bond donors (Lipinski definition) is 0. The maximum Gasteiger partial charge on any atom is 0.142 e. The van der Waals surface area contributed by atoms with E-state index < -0.39 is 0 Å². The third-order valence-electron chi connectivity index (χ3n) is 3.31. The summed E-state index contributed by atoms with van der Waals surface area (Å²) in [4.78, 5) is 8.98. The van der Waals surface area contributed by atoms with Crippen molar-refractivity contribution >= 4 is 33.3 Å². The summed E-state index contributed by atoms with van der Waals surface area (Å²) in [6.07, 6.45) is 4.26. The Morgan fingerprint density at radius 1 is 1.65 bits per heavy atom. The number of likely N-dealkylation sites (tertiary alicyclic amines) is 1. The van der Waals surface area contributed by atoms with E-state index in [0.717, 1.165) is 16.8 Å². The predicted octanol–water partition coefficient (Wildman–Crippen LogP) is 3.03. The van der Waals surface area contributed by atoms with Gasteiger partial charge >= 0.3 is 0 Å². The molecule has 0 bridgehead atoms. The monoisotopic (exact) mass is 317 g/mol. The molecule has 1 atom stereocenters. The van der Waals surface area contributed by atoms with E-state index in [1.807, 2.05) is 6.07 Å². The smallest absolute Gasteiger partial charge is 0.142 e. The molecular formula is C12H17BrClN3. The molecule has 17 heavy (non-hydrogen) atoms. The maximum atomic E-state index is 5.90. The molecule has 0 N–H and O–H groups in total. The van der Waals surface area contributed by atoms with Crippen LogP contribution in [0.3, 0.4) is 0 Å². The van der Waals surface area contributed by atoms with Crippen molar-refractivity contribution in [3.05, 3.63) is 21.8 Å². The molecule has 1 aromatic rings. The van der Waals surface area contributed by atoms with Crippen LogP contribution >= 0.6 is 27.5 Å². The molecule has 1 saturated heterocycles. The van der Waals surface area contributed by atoms with Crippen molar-refractivity contribution < 1.29 is 0 Å². The van der Waals surface area contributed by atoms with Crippen LogP contribution in [-0.4, -0.2) is 43.1 Å². The molecule has 3 nitrogen and oxygen atoms in total. The van der Waals surface area contributed by atoms with Gasteiger partial charge in [0.25, 0.3) is 0 Å². The lowest BCUT2D eigenvalue weighted by Gasteiger charge is -2.27. The Bertz CT molecular complexity index is 399. The van der Waals surface area contributed by atoms with Crippen LogP contribution in [0.4, 0.5) is 5.82 Å². The van der Waals surface area contributed by atoms with Crippen LogP contribution in [-0.2, 0) is 0 Å². The van der Waals surface area contributed by atoms with Crippen LogP contribution in [0.5, 0.6) is 0 Å². The van der Waals surface area contributed by atoms with Gasteiger partial charge in [-0.15, -0.1) is 0 Å². The SMILES string of the molecule is CN(CC1CCCN1C)c1ncc(Cl)cc1Br. The standard InChI is InChI=1S/C12H17BrClN3/c1-16-5-3-4-10(16)8-17(2)12-11(13)6-9(14)7-15-12/h6-7,10H,3-5,8H2,1-2H3. The minimum atomic E-state index is 0.629. The Morgan fingerprint density at radius 3 is 3.00 bits per heavy atom. The molecule has 1 aromatic heterocycles. The highest BCUT2D eigenvalue weighted by molar-refractivity contribution is 9.10. The first kappa shape index (κ1) is 13.1. The zero-order chi connectivity index (χ0) is 12.4. The second kappa shape index (κ2) is 5.55. The normalized spacial score (nSPS) is 20.8.